The number of carbonyl (C=O) groups excluding carboxylic acids is 1. The molecule has 1 atom stereocenters. The number of hydrogen-bond donors (Lipinski definition) is 0. The zero-order valence-corrected chi connectivity index (χ0v) is 12.6. The van der Waals surface area contributed by atoms with Crippen LogP contribution in [0.1, 0.15) is 41.3 Å². The zero-order chi connectivity index (χ0) is 11.9. The van der Waals surface area contributed by atoms with Crippen LogP contribution in [0.4, 0.5) is 0 Å². The molecule has 0 fully saturated rings. The number of halogens is 2. The van der Waals surface area contributed by atoms with Crippen molar-refractivity contribution in [3.8, 4) is 0 Å². The summed E-state index contributed by atoms with van der Waals surface area (Å²) in [4.78, 5) is 12.2. The lowest BCUT2D eigenvalue weighted by molar-refractivity contribution is 0.0966. The Morgan fingerprint density at radius 3 is 2.75 bits per heavy atom. The first-order valence-corrected chi connectivity index (χ1v) is 7.10. The van der Waals surface area contributed by atoms with Crippen molar-refractivity contribution in [3.63, 3.8) is 0 Å². The minimum atomic E-state index is 0.274. The summed E-state index contributed by atoms with van der Waals surface area (Å²) < 4.78 is 2.05. The van der Waals surface area contributed by atoms with Crippen molar-refractivity contribution in [3.05, 3.63) is 31.7 Å². The Balaban J connectivity index is 2.64. The van der Waals surface area contributed by atoms with Gasteiger partial charge in [0.1, 0.15) is 0 Å². The van der Waals surface area contributed by atoms with E-state index in [4.69, 9.17) is 0 Å². The minimum absolute atomic E-state index is 0.274. The van der Waals surface area contributed by atoms with Crippen molar-refractivity contribution in [1.82, 2.24) is 0 Å². The van der Waals surface area contributed by atoms with E-state index < -0.39 is 0 Å². The molecule has 1 aliphatic carbocycles. The van der Waals surface area contributed by atoms with Crippen molar-refractivity contribution in [2.75, 3.05) is 0 Å². The summed E-state index contributed by atoms with van der Waals surface area (Å²) >= 11 is 7.13. The maximum atomic E-state index is 12.2. The van der Waals surface area contributed by atoms with Gasteiger partial charge < -0.3 is 0 Å². The summed E-state index contributed by atoms with van der Waals surface area (Å²) in [6, 6.07) is 2.09. The van der Waals surface area contributed by atoms with E-state index in [2.05, 4.69) is 44.8 Å². The Hall–Kier alpha value is -0.150. The van der Waals surface area contributed by atoms with Crippen LogP contribution >= 0.6 is 31.9 Å². The molecule has 0 N–H and O–H groups in total. The highest BCUT2D eigenvalue weighted by Gasteiger charge is 2.24. The Labute approximate surface area is 113 Å². The average Bonchev–Trinajstić information content (AvgIpc) is 2.34. The lowest BCUT2D eigenvalue weighted by Gasteiger charge is -2.12. The number of carbonyl (C=O) groups is 1. The van der Waals surface area contributed by atoms with Gasteiger partial charge in [0.25, 0.3) is 0 Å². The number of hydrogen-bond acceptors (Lipinski definition) is 1. The molecule has 0 saturated carbocycles. The van der Waals surface area contributed by atoms with Crippen molar-refractivity contribution < 1.29 is 4.79 Å². The smallest absolute Gasteiger partial charge is 0.164 e. The fourth-order valence-electron chi connectivity index (χ4n) is 2.24. The molecule has 0 heterocycles. The first-order valence-electron chi connectivity index (χ1n) is 5.51. The number of aryl methyl sites for hydroxylation is 1. The molecule has 0 bridgehead atoms. The molecule has 2 rings (SSSR count). The van der Waals surface area contributed by atoms with Crippen LogP contribution in [0.5, 0.6) is 0 Å². The SMILES string of the molecule is Cc1cc(Br)c2c(c1Br)C(=O)CC(C)CC2. The summed E-state index contributed by atoms with van der Waals surface area (Å²) in [6.45, 7) is 4.18. The van der Waals surface area contributed by atoms with Crippen LogP contribution < -0.4 is 0 Å². The summed E-state index contributed by atoms with van der Waals surface area (Å²) in [6.07, 6.45) is 2.75. The molecule has 0 spiro atoms. The molecule has 0 aliphatic heterocycles. The first kappa shape index (κ1) is 12.3. The lowest BCUT2D eigenvalue weighted by atomic mass is 9.99. The molecule has 3 heteroatoms. The van der Waals surface area contributed by atoms with Gasteiger partial charge in [0.05, 0.1) is 0 Å². The standard InChI is InChI=1S/C13H14Br2O/c1-7-3-4-9-10(14)6-8(2)13(15)12(9)11(16)5-7/h6-7H,3-5H2,1-2H3. The molecule has 16 heavy (non-hydrogen) atoms. The molecule has 1 aromatic carbocycles. The number of Topliss-reactive ketones (excluding diaryl/α,β-unsaturated/α-hetero) is 1. The predicted molar refractivity (Wildman–Crippen MR) is 73.0 cm³/mol. The van der Waals surface area contributed by atoms with Gasteiger partial charge in [0.2, 0.25) is 0 Å². The number of fused-ring (bicyclic) bond motifs is 1. The second-order valence-corrected chi connectivity index (χ2v) is 6.26. The van der Waals surface area contributed by atoms with Gasteiger partial charge in [-0.3, -0.25) is 4.79 Å². The fourth-order valence-corrected chi connectivity index (χ4v) is 3.55. The van der Waals surface area contributed by atoms with Crippen molar-refractivity contribution in [1.29, 1.82) is 0 Å². The van der Waals surface area contributed by atoms with Gasteiger partial charge >= 0.3 is 0 Å². The fraction of sp³-hybridized carbons (Fsp3) is 0.462. The van der Waals surface area contributed by atoms with E-state index in [1.165, 1.54) is 5.56 Å². The van der Waals surface area contributed by atoms with Gasteiger partial charge in [-0.05, 0) is 58.8 Å². The predicted octanol–water partition coefficient (Wildman–Crippen LogP) is 4.68. The highest BCUT2D eigenvalue weighted by Crippen LogP contribution is 2.36. The molecule has 1 aliphatic rings. The third-order valence-corrected chi connectivity index (χ3v) is 4.93. The minimum Gasteiger partial charge on any atom is -0.294 e. The molecular formula is C13H14Br2O. The van der Waals surface area contributed by atoms with Crippen LogP contribution in [0, 0.1) is 12.8 Å². The average molecular weight is 346 g/mol. The maximum Gasteiger partial charge on any atom is 0.164 e. The number of rotatable bonds is 0. The van der Waals surface area contributed by atoms with Gasteiger partial charge in [0, 0.05) is 20.9 Å². The first-order chi connectivity index (χ1) is 7.50. The van der Waals surface area contributed by atoms with Crippen molar-refractivity contribution >= 4 is 37.6 Å². The number of benzene rings is 1. The van der Waals surface area contributed by atoms with E-state index in [0.29, 0.717) is 12.3 Å². The van der Waals surface area contributed by atoms with Crippen LogP contribution in [0.2, 0.25) is 0 Å². The quantitative estimate of drug-likeness (QED) is 0.624. The third kappa shape index (κ3) is 2.12. The largest absolute Gasteiger partial charge is 0.294 e. The molecule has 1 aromatic rings. The molecule has 0 amide bonds. The second kappa shape index (κ2) is 4.61. The highest BCUT2D eigenvalue weighted by atomic mass is 79.9. The summed E-state index contributed by atoms with van der Waals surface area (Å²) in [5.41, 5.74) is 3.19. The molecule has 86 valence electrons. The molecule has 0 saturated heterocycles. The van der Waals surface area contributed by atoms with E-state index in [9.17, 15) is 4.79 Å². The maximum absolute atomic E-state index is 12.2. The molecular weight excluding hydrogens is 332 g/mol. The topological polar surface area (TPSA) is 17.1 Å². The zero-order valence-electron chi connectivity index (χ0n) is 9.44. The van der Waals surface area contributed by atoms with Gasteiger partial charge in [-0.15, -0.1) is 0 Å². The van der Waals surface area contributed by atoms with Crippen molar-refractivity contribution in [2.24, 2.45) is 5.92 Å². The van der Waals surface area contributed by atoms with Crippen LogP contribution in [0.25, 0.3) is 0 Å². The Kier molecular flexibility index (Phi) is 3.55. The van der Waals surface area contributed by atoms with Gasteiger partial charge in [-0.1, -0.05) is 22.9 Å². The van der Waals surface area contributed by atoms with Crippen molar-refractivity contribution in [2.45, 2.75) is 33.1 Å². The van der Waals surface area contributed by atoms with E-state index in [0.717, 1.165) is 32.9 Å². The van der Waals surface area contributed by atoms with Gasteiger partial charge in [-0.25, -0.2) is 0 Å². The summed E-state index contributed by atoms with van der Waals surface area (Å²) in [7, 11) is 0. The molecule has 1 unspecified atom stereocenters. The Morgan fingerprint density at radius 1 is 1.38 bits per heavy atom. The normalized spacial score (nSPS) is 20.5. The highest BCUT2D eigenvalue weighted by molar-refractivity contribution is 9.11. The van der Waals surface area contributed by atoms with Crippen LogP contribution in [0.3, 0.4) is 0 Å². The molecule has 0 radical (unpaired) electrons. The molecule has 1 nitrogen and oxygen atoms in total. The van der Waals surface area contributed by atoms with Crippen LogP contribution in [-0.2, 0) is 6.42 Å². The Morgan fingerprint density at radius 2 is 2.06 bits per heavy atom. The van der Waals surface area contributed by atoms with Crippen LogP contribution in [-0.4, -0.2) is 5.78 Å². The summed E-state index contributed by atoms with van der Waals surface area (Å²) in [5.74, 6) is 0.760. The second-order valence-electron chi connectivity index (χ2n) is 4.61. The van der Waals surface area contributed by atoms with E-state index in [1.807, 2.05) is 6.92 Å². The van der Waals surface area contributed by atoms with E-state index in [1.54, 1.807) is 0 Å². The monoisotopic (exact) mass is 344 g/mol. The third-order valence-electron chi connectivity index (χ3n) is 3.20. The van der Waals surface area contributed by atoms with E-state index in [-0.39, 0.29) is 5.78 Å². The van der Waals surface area contributed by atoms with E-state index >= 15 is 0 Å². The lowest BCUT2D eigenvalue weighted by Crippen LogP contribution is -2.05. The molecule has 0 aromatic heterocycles. The summed E-state index contributed by atoms with van der Waals surface area (Å²) in [5, 5.41) is 0. The Bertz CT molecular complexity index is 452. The van der Waals surface area contributed by atoms with Crippen LogP contribution in [0.15, 0.2) is 15.0 Å². The van der Waals surface area contributed by atoms with Gasteiger partial charge in [0.15, 0.2) is 5.78 Å². The number of ketones is 1. The van der Waals surface area contributed by atoms with Gasteiger partial charge in [-0.2, -0.15) is 0 Å².